The molecule has 1 aliphatic heterocycles. The second-order valence-corrected chi connectivity index (χ2v) is 4.55. The molecule has 2 rings (SSSR count). The first-order valence-corrected chi connectivity index (χ1v) is 5.56. The number of anilines is 1. The molecule has 0 saturated carbocycles. The molecule has 1 aliphatic rings. The summed E-state index contributed by atoms with van der Waals surface area (Å²) in [7, 11) is 0. The monoisotopic (exact) mass is 223 g/mol. The van der Waals surface area contributed by atoms with Crippen molar-refractivity contribution >= 4 is 11.9 Å². The van der Waals surface area contributed by atoms with Gasteiger partial charge in [-0.25, -0.2) is 4.98 Å². The van der Waals surface area contributed by atoms with E-state index in [-0.39, 0.29) is 0 Å². The van der Waals surface area contributed by atoms with Gasteiger partial charge in [-0.3, -0.25) is 4.79 Å². The Bertz CT molecular complexity index is 402. The molecular formula is C11H17N3O2. The first-order chi connectivity index (χ1) is 7.57. The Balaban J connectivity index is 2.18. The minimum absolute atomic E-state index is 0.541. The van der Waals surface area contributed by atoms with Crippen LogP contribution in [0.2, 0.25) is 0 Å². The summed E-state index contributed by atoms with van der Waals surface area (Å²) in [5.74, 6) is 0.164. The van der Waals surface area contributed by atoms with Gasteiger partial charge in [0.1, 0.15) is 0 Å². The molecule has 0 aliphatic carbocycles. The van der Waals surface area contributed by atoms with Crippen molar-refractivity contribution in [3.8, 4) is 0 Å². The molecule has 1 aromatic heterocycles. The minimum atomic E-state index is -0.718. The van der Waals surface area contributed by atoms with Crippen LogP contribution in [-0.2, 0) is 11.3 Å². The lowest BCUT2D eigenvalue weighted by atomic mass is 9.90. The quantitative estimate of drug-likeness (QED) is 0.836. The predicted octanol–water partition coefficient (Wildman–Crippen LogP) is 1.20. The number of nitrogens with zero attached hydrogens (tertiary/aromatic N) is 3. The third-order valence-electron chi connectivity index (χ3n) is 3.31. The van der Waals surface area contributed by atoms with E-state index >= 15 is 0 Å². The molecule has 16 heavy (non-hydrogen) atoms. The molecule has 88 valence electrons. The Morgan fingerprint density at radius 2 is 2.44 bits per heavy atom. The van der Waals surface area contributed by atoms with Gasteiger partial charge in [0.2, 0.25) is 5.95 Å². The van der Waals surface area contributed by atoms with Gasteiger partial charge in [-0.2, -0.15) is 0 Å². The van der Waals surface area contributed by atoms with Crippen LogP contribution in [0, 0.1) is 5.41 Å². The number of hydrogen-bond acceptors (Lipinski definition) is 3. The maximum atomic E-state index is 11.1. The Morgan fingerprint density at radius 3 is 3.00 bits per heavy atom. The highest BCUT2D eigenvalue weighted by atomic mass is 16.4. The van der Waals surface area contributed by atoms with E-state index in [0.717, 1.165) is 19.0 Å². The van der Waals surface area contributed by atoms with Crippen molar-refractivity contribution in [2.75, 3.05) is 18.0 Å². The molecule has 1 aromatic rings. The Hall–Kier alpha value is -1.52. The summed E-state index contributed by atoms with van der Waals surface area (Å²) in [5.41, 5.74) is -0.634. The van der Waals surface area contributed by atoms with E-state index in [0.29, 0.717) is 13.0 Å². The van der Waals surface area contributed by atoms with Crippen molar-refractivity contribution in [2.24, 2.45) is 5.41 Å². The van der Waals surface area contributed by atoms with Crippen molar-refractivity contribution in [3.63, 3.8) is 0 Å². The molecule has 0 aromatic carbocycles. The molecule has 5 nitrogen and oxygen atoms in total. The predicted molar refractivity (Wildman–Crippen MR) is 60.5 cm³/mol. The molecule has 2 heterocycles. The molecule has 0 amide bonds. The van der Waals surface area contributed by atoms with Crippen LogP contribution in [0.4, 0.5) is 5.95 Å². The number of carbonyl (C=O) groups is 1. The van der Waals surface area contributed by atoms with E-state index in [1.807, 2.05) is 10.8 Å². The summed E-state index contributed by atoms with van der Waals surface area (Å²) >= 11 is 0. The van der Waals surface area contributed by atoms with Crippen LogP contribution in [0.25, 0.3) is 0 Å². The fourth-order valence-electron chi connectivity index (χ4n) is 2.14. The average Bonchev–Trinajstić information content (AvgIpc) is 2.83. The van der Waals surface area contributed by atoms with Gasteiger partial charge >= 0.3 is 5.97 Å². The van der Waals surface area contributed by atoms with Crippen molar-refractivity contribution < 1.29 is 9.90 Å². The molecule has 1 atom stereocenters. The summed E-state index contributed by atoms with van der Waals surface area (Å²) in [4.78, 5) is 17.5. The summed E-state index contributed by atoms with van der Waals surface area (Å²) < 4.78 is 2.04. The van der Waals surface area contributed by atoms with Crippen LogP contribution < -0.4 is 4.90 Å². The lowest BCUT2D eigenvalue weighted by Gasteiger charge is -2.21. The molecule has 1 N–H and O–H groups in total. The van der Waals surface area contributed by atoms with Crippen molar-refractivity contribution in [3.05, 3.63) is 12.4 Å². The van der Waals surface area contributed by atoms with Crippen LogP contribution in [-0.4, -0.2) is 33.7 Å². The van der Waals surface area contributed by atoms with Crippen LogP contribution >= 0.6 is 0 Å². The number of rotatable bonds is 3. The standard InChI is InChI=1S/C11H17N3O2/c1-3-13-7-5-12-10(13)14-6-4-11(2,8-14)9(15)16/h5,7H,3-4,6,8H2,1-2H3,(H,15,16). The highest BCUT2D eigenvalue weighted by Crippen LogP contribution is 2.32. The molecule has 0 bridgehead atoms. The van der Waals surface area contributed by atoms with Gasteiger partial charge in [0.25, 0.3) is 0 Å². The van der Waals surface area contributed by atoms with Crippen LogP contribution in [0.1, 0.15) is 20.3 Å². The van der Waals surface area contributed by atoms with E-state index < -0.39 is 11.4 Å². The van der Waals surface area contributed by atoms with E-state index in [9.17, 15) is 4.79 Å². The van der Waals surface area contributed by atoms with E-state index in [1.54, 1.807) is 13.1 Å². The second kappa shape index (κ2) is 3.81. The largest absolute Gasteiger partial charge is 0.481 e. The van der Waals surface area contributed by atoms with Gasteiger partial charge in [-0.05, 0) is 20.3 Å². The number of aryl methyl sites for hydroxylation is 1. The van der Waals surface area contributed by atoms with Gasteiger partial charge in [0.15, 0.2) is 0 Å². The SMILES string of the molecule is CCn1ccnc1N1CCC(C)(C(=O)O)C1. The second-order valence-electron chi connectivity index (χ2n) is 4.55. The van der Waals surface area contributed by atoms with Gasteiger partial charge < -0.3 is 14.6 Å². The van der Waals surface area contributed by atoms with E-state index in [4.69, 9.17) is 5.11 Å². The third-order valence-corrected chi connectivity index (χ3v) is 3.31. The lowest BCUT2D eigenvalue weighted by Crippen LogP contribution is -2.32. The van der Waals surface area contributed by atoms with Gasteiger partial charge in [-0.15, -0.1) is 0 Å². The van der Waals surface area contributed by atoms with Crippen molar-refractivity contribution in [1.82, 2.24) is 9.55 Å². The zero-order valence-electron chi connectivity index (χ0n) is 9.68. The van der Waals surface area contributed by atoms with Gasteiger partial charge in [0.05, 0.1) is 5.41 Å². The molecule has 0 radical (unpaired) electrons. The zero-order valence-corrected chi connectivity index (χ0v) is 9.68. The summed E-state index contributed by atoms with van der Waals surface area (Å²) in [5, 5.41) is 9.16. The highest BCUT2D eigenvalue weighted by Gasteiger charge is 2.41. The fourth-order valence-corrected chi connectivity index (χ4v) is 2.14. The van der Waals surface area contributed by atoms with Crippen LogP contribution in [0.3, 0.4) is 0 Å². The summed E-state index contributed by atoms with van der Waals surface area (Å²) in [6.45, 7) is 6.01. The first-order valence-electron chi connectivity index (χ1n) is 5.56. The number of carboxylic acid groups (broad SMARTS) is 1. The first kappa shape index (κ1) is 11.0. The Kier molecular flexibility index (Phi) is 2.61. The molecular weight excluding hydrogens is 206 g/mol. The van der Waals surface area contributed by atoms with Gasteiger partial charge in [-0.1, -0.05) is 0 Å². The summed E-state index contributed by atoms with van der Waals surface area (Å²) in [6, 6.07) is 0. The topological polar surface area (TPSA) is 58.4 Å². The lowest BCUT2D eigenvalue weighted by molar-refractivity contribution is -0.146. The molecule has 1 fully saturated rings. The normalized spacial score (nSPS) is 25.0. The van der Waals surface area contributed by atoms with Crippen LogP contribution in [0.15, 0.2) is 12.4 Å². The van der Waals surface area contributed by atoms with E-state index in [2.05, 4.69) is 16.8 Å². The minimum Gasteiger partial charge on any atom is -0.481 e. The van der Waals surface area contributed by atoms with E-state index in [1.165, 1.54) is 0 Å². The number of hydrogen-bond donors (Lipinski definition) is 1. The molecule has 5 heteroatoms. The number of imidazole rings is 1. The van der Waals surface area contributed by atoms with Crippen molar-refractivity contribution in [2.45, 2.75) is 26.8 Å². The maximum Gasteiger partial charge on any atom is 0.311 e. The number of aromatic nitrogens is 2. The molecule has 0 spiro atoms. The maximum absolute atomic E-state index is 11.1. The summed E-state index contributed by atoms with van der Waals surface area (Å²) in [6.07, 6.45) is 4.36. The fraction of sp³-hybridized carbons (Fsp3) is 0.636. The highest BCUT2D eigenvalue weighted by molar-refractivity contribution is 5.76. The van der Waals surface area contributed by atoms with Gasteiger partial charge in [0, 0.05) is 32.0 Å². The van der Waals surface area contributed by atoms with Crippen molar-refractivity contribution in [1.29, 1.82) is 0 Å². The molecule has 1 unspecified atom stereocenters. The smallest absolute Gasteiger partial charge is 0.311 e. The zero-order chi connectivity index (χ0) is 11.8. The Morgan fingerprint density at radius 1 is 1.69 bits per heavy atom. The number of aliphatic carboxylic acids is 1. The average molecular weight is 223 g/mol. The third kappa shape index (κ3) is 1.66. The van der Waals surface area contributed by atoms with Crippen LogP contribution in [0.5, 0.6) is 0 Å². The number of carboxylic acids is 1. The Labute approximate surface area is 94.7 Å². The molecule has 1 saturated heterocycles.